The number of pyridine rings is 1. The van der Waals surface area contributed by atoms with Gasteiger partial charge in [-0.2, -0.15) is 0 Å². The molecular formula is C32H26Cl2F2N8O3S. The third-order valence-corrected chi connectivity index (χ3v) is 10.3. The van der Waals surface area contributed by atoms with Crippen LogP contribution in [0, 0.1) is 11.6 Å². The van der Waals surface area contributed by atoms with Gasteiger partial charge in [0.25, 0.3) is 10.0 Å². The number of morpholine rings is 1. The number of fused-ring (bicyclic) bond motifs is 2. The van der Waals surface area contributed by atoms with Gasteiger partial charge >= 0.3 is 0 Å². The van der Waals surface area contributed by atoms with Crippen molar-refractivity contribution in [1.29, 1.82) is 0 Å². The van der Waals surface area contributed by atoms with Crippen LogP contribution in [0.5, 0.6) is 0 Å². The number of para-hydroxylation sites is 1. The van der Waals surface area contributed by atoms with Gasteiger partial charge in [-0.25, -0.2) is 37.1 Å². The van der Waals surface area contributed by atoms with E-state index >= 15 is 8.78 Å². The molecule has 0 bridgehead atoms. The van der Waals surface area contributed by atoms with Gasteiger partial charge in [0.2, 0.25) is 0 Å². The third kappa shape index (κ3) is 5.64. The molecule has 4 heterocycles. The number of hydrogen-bond acceptors (Lipinski definition) is 9. The average Bonchev–Trinajstić information content (AvgIpc) is 3.50. The Labute approximate surface area is 283 Å². The molecule has 16 heteroatoms. The second-order valence-corrected chi connectivity index (χ2v) is 13.7. The van der Waals surface area contributed by atoms with Crippen molar-refractivity contribution in [3.63, 3.8) is 0 Å². The molecule has 0 aliphatic carbocycles. The second-order valence-electron chi connectivity index (χ2n) is 11.2. The van der Waals surface area contributed by atoms with Crippen LogP contribution in [0.4, 0.5) is 31.7 Å². The van der Waals surface area contributed by atoms with Gasteiger partial charge in [0.1, 0.15) is 45.9 Å². The van der Waals surface area contributed by atoms with Crippen molar-refractivity contribution in [1.82, 2.24) is 24.5 Å². The number of benzene rings is 3. The highest BCUT2D eigenvalue weighted by Crippen LogP contribution is 2.35. The van der Waals surface area contributed by atoms with E-state index < -0.39 is 33.0 Å². The molecule has 48 heavy (non-hydrogen) atoms. The summed E-state index contributed by atoms with van der Waals surface area (Å²) in [6, 6.07) is 15.6. The van der Waals surface area contributed by atoms with E-state index in [0.717, 1.165) is 28.9 Å². The Hall–Kier alpha value is -4.63. The van der Waals surface area contributed by atoms with Crippen molar-refractivity contribution in [3.8, 4) is 5.82 Å². The van der Waals surface area contributed by atoms with E-state index in [0.29, 0.717) is 24.5 Å². The van der Waals surface area contributed by atoms with E-state index in [2.05, 4.69) is 38.8 Å². The van der Waals surface area contributed by atoms with Crippen molar-refractivity contribution < 1.29 is 21.9 Å². The Morgan fingerprint density at radius 2 is 1.69 bits per heavy atom. The molecule has 1 aliphatic rings. The number of halogens is 4. The first-order valence-electron chi connectivity index (χ1n) is 14.7. The number of sulfonamides is 1. The van der Waals surface area contributed by atoms with Gasteiger partial charge in [-0.3, -0.25) is 9.29 Å². The SMILES string of the molecule is C[C@@H]1COC[C@H](C)N1c1cccc2c1ncn2-c1ccc2ncnc(Nc3c(F)ccc(NS(=O)(=O)c4cccc(Cl)c4Cl)c3F)c2n1. The molecule has 0 radical (unpaired) electrons. The predicted octanol–water partition coefficient (Wildman–Crippen LogP) is 7.11. The normalized spacial score (nSPS) is 16.8. The molecule has 7 rings (SSSR count). The maximum absolute atomic E-state index is 15.8. The molecule has 3 aromatic carbocycles. The minimum atomic E-state index is -4.40. The summed E-state index contributed by atoms with van der Waals surface area (Å²) in [4.78, 5) is 19.9. The fourth-order valence-corrected chi connectivity index (χ4v) is 7.63. The number of rotatable bonds is 7. The van der Waals surface area contributed by atoms with Gasteiger partial charge in [-0.15, -0.1) is 0 Å². The summed E-state index contributed by atoms with van der Waals surface area (Å²) >= 11 is 12.1. The first-order chi connectivity index (χ1) is 23.0. The average molecular weight is 712 g/mol. The quantitative estimate of drug-likeness (QED) is 0.178. The van der Waals surface area contributed by atoms with Crippen LogP contribution >= 0.6 is 23.2 Å². The lowest BCUT2D eigenvalue weighted by molar-refractivity contribution is 0.0758. The highest BCUT2D eigenvalue weighted by Gasteiger charge is 2.28. The maximum atomic E-state index is 15.8. The van der Waals surface area contributed by atoms with Crippen LogP contribution in [0.15, 0.2) is 78.2 Å². The molecule has 0 spiro atoms. The summed E-state index contributed by atoms with van der Waals surface area (Å²) in [5.41, 5.74) is 1.96. The molecular weight excluding hydrogens is 685 g/mol. The number of hydrogen-bond donors (Lipinski definition) is 2. The van der Waals surface area contributed by atoms with Gasteiger partial charge in [0.15, 0.2) is 11.6 Å². The Balaban J connectivity index is 1.25. The lowest BCUT2D eigenvalue weighted by atomic mass is 10.1. The number of nitrogens with zero attached hydrogens (tertiary/aromatic N) is 6. The maximum Gasteiger partial charge on any atom is 0.263 e. The standard InChI is InChI=1S/C32H26Cl2F2N8O3S/c1-17-13-47-14-18(2)44(17)24-7-4-6-23-31(24)39-16-43(23)26-12-11-22-30(40-26)32(38-15-37-22)41-29-20(35)9-10-21(28(29)36)42-48(45,46)25-8-3-5-19(33)27(25)34/h3-12,15-18,42H,13-14H2,1-2H3,(H,37,38,41)/t17-,18+. The van der Waals surface area contributed by atoms with Crippen molar-refractivity contribution in [2.24, 2.45) is 0 Å². The molecule has 1 aliphatic heterocycles. The van der Waals surface area contributed by atoms with E-state index in [9.17, 15) is 8.42 Å². The van der Waals surface area contributed by atoms with Gasteiger partial charge in [0.05, 0.1) is 57.8 Å². The lowest BCUT2D eigenvalue weighted by Gasteiger charge is -2.40. The van der Waals surface area contributed by atoms with E-state index in [1.54, 1.807) is 18.5 Å². The molecule has 6 aromatic rings. The van der Waals surface area contributed by atoms with Crippen LogP contribution in [0.2, 0.25) is 10.0 Å². The topological polar surface area (TPSA) is 127 Å². The summed E-state index contributed by atoms with van der Waals surface area (Å²) in [5.74, 6) is -1.78. The van der Waals surface area contributed by atoms with E-state index in [-0.39, 0.29) is 38.4 Å². The van der Waals surface area contributed by atoms with Crippen LogP contribution in [0.1, 0.15) is 13.8 Å². The highest BCUT2D eigenvalue weighted by atomic mass is 35.5. The minimum Gasteiger partial charge on any atom is -0.377 e. The molecule has 1 saturated heterocycles. The molecule has 11 nitrogen and oxygen atoms in total. The van der Waals surface area contributed by atoms with Crippen molar-refractivity contribution in [2.75, 3.05) is 28.2 Å². The van der Waals surface area contributed by atoms with Gasteiger partial charge < -0.3 is 15.0 Å². The largest absolute Gasteiger partial charge is 0.377 e. The molecule has 1 fully saturated rings. The Morgan fingerprint density at radius 3 is 2.48 bits per heavy atom. The Bertz CT molecular complexity index is 2320. The van der Waals surface area contributed by atoms with E-state index in [1.165, 1.54) is 24.5 Å². The zero-order valence-electron chi connectivity index (χ0n) is 25.3. The zero-order chi connectivity index (χ0) is 33.7. The van der Waals surface area contributed by atoms with E-state index in [4.69, 9.17) is 37.9 Å². The van der Waals surface area contributed by atoms with Gasteiger partial charge in [-0.05, 0) is 62.4 Å². The van der Waals surface area contributed by atoms with Crippen molar-refractivity contribution >= 4 is 78.2 Å². The summed E-state index contributed by atoms with van der Waals surface area (Å²) in [5, 5.41) is 2.41. The molecule has 0 saturated carbocycles. The fraction of sp³-hybridized carbons (Fsp3) is 0.188. The van der Waals surface area contributed by atoms with Crippen molar-refractivity contribution in [3.05, 3.63) is 95.0 Å². The van der Waals surface area contributed by atoms with Crippen molar-refractivity contribution in [2.45, 2.75) is 30.8 Å². The molecule has 0 amide bonds. The van der Waals surface area contributed by atoms with Gasteiger partial charge in [-0.1, -0.05) is 35.3 Å². The molecule has 0 unspecified atom stereocenters. The second kappa shape index (κ2) is 12.4. The lowest BCUT2D eigenvalue weighted by Crippen LogP contribution is -2.49. The number of aromatic nitrogens is 5. The smallest absolute Gasteiger partial charge is 0.263 e. The first kappa shape index (κ1) is 31.9. The van der Waals surface area contributed by atoms with Crippen LogP contribution in [0.3, 0.4) is 0 Å². The van der Waals surface area contributed by atoms with Crippen LogP contribution in [-0.2, 0) is 14.8 Å². The number of anilines is 4. The highest BCUT2D eigenvalue weighted by molar-refractivity contribution is 7.92. The molecule has 2 atom stereocenters. The summed E-state index contributed by atoms with van der Waals surface area (Å²) < 4.78 is 66.7. The van der Waals surface area contributed by atoms with Gasteiger partial charge in [0, 0.05) is 0 Å². The van der Waals surface area contributed by atoms with Crippen LogP contribution < -0.4 is 14.9 Å². The monoisotopic (exact) mass is 710 g/mol. The third-order valence-electron chi connectivity index (χ3n) is 8.00. The number of ether oxygens (including phenoxy) is 1. The summed E-state index contributed by atoms with van der Waals surface area (Å²) in [6.45, 7) is 5.43. The first-order valence-corrected chi connectivity index (χ1v) is 16.9. The van der Waals surface area contributed by atoms with Crippen LogP contribution in [-0.4, -0.2) is 58.2 Å². The zero-order valence-corrected chi connectivity index (χ0v) is 27.7. The molecule has 3 aromatic heterocycles. The minimum absolute atomic E-state index is 0.00517. The number of imidazole rings is 1. The number of nitrogens with one attached hydrogen (secondary N) is 2. The Kier molecular flexibility index (Phi) is 8.27. The van der Waals surface area contributed by atoms with Crippen LogP contribution in [0.25, 0.3) is 27.9 Å². The summed E-state index contributed by atoms with van der Waals surface area (Å²) in [6.07, 6.45) is 2.88. The molecule has 2 N–H and O–H groups in total. The summed E-state index contributed by atoms with van der Waals surface area (Å²) in [7, 11) is -4.40. The fourth-order valence-electron chi connectivity index (χ4n) is 5.80. The van der Waals surface area contributed by atoms with E-state index in [1.807, 2.05) is 22.8 Å². The predicted molar refractivity (Wildman–Crippen MR) is 181 cm³/mol. The molecule has 246 valence electrons. The Morgan fingerprint density at radius 1 is 0.917 bits per heavy atom.